The van der Waals surface area contributed by atoms with Crippen LogP contribution in [0, 0.1) is 0 Å². The van der Waals surface area contributed by atoms with Crippen LogP contribution < -0.4 is 5.32 Å². The molecule has 0 saturated heterocycles. The van der Waals surface area contributed by atoms with Crippen molar-refractivity contribution in [2.75, 3.05) is 13.2 Å². The fourth-order valence-corrected chi connectivity index (χ4v) is 3.08. The van der Waals surface area contributed by atoms with Crippen LogP contribution in [0.15, 0.2) is 0 Å². The molecule has 0 aromatic carbocycles. The molecule has 98 valence electrons. The Hall–Kier alpha value is -0.610. The number of aliphatic hydroxyl groups is 1. The number of hydrogen-bond donors (Lipinski definition) is 2. The summed E-state index contributed by atoms with van der Waals surface area (Å²) in [6, 6.07) is 1.38. The highest BCUT2D eigenvalue weighted by atomic mass is 16.3. The third kappa shape index (κ3) is 3.42. The second-order valence-electron chi connectivity index (χ2n) is 5.35. The van der Waals surface area contributed by atoms with Crippen LogP contribution in [0.2, 0.25) is 0 Å². The van der Waals surface area contributed by atoms with Gasteiger partial charge in [0.25, 0.3) is 0 Å². The van der Waals surface area contributed by atoms with Crippen molar-refractivity contribution in [2.24, 2.45) is 0 Å². The molecule has 2 rings (SSSR count). The summed E-state index contributed by atoms with van der Waals surface area (Å²) in [5.41, 5.74) is 0. The normalized spacial score (nSPS) is 29.4. The Morgan fingerprint density at radius 3 is 2.59 bits per heavy atom. The molecule has 0 bridgehead atoms. The number of nitrogens with one attached hydrogen (secondary N) is 1. The molecule has 0 spiro atoms. The molecule has 0 aliphatic heterocycles. The molecule has 2 aliphatic rings. The van der Waals surface area contributed by atoms with Crippen molar-refractivity contribution in [3.8, 4) is 0 Å². The molecule has 2 atom stereocenters. The summed E-state index contributed by atoms with van der Waals surface area (Å²) in [5, 5.41) is 12.3. The summed E-state index contributed by atoms with van der Waals surface area (Å²) in [6.45, 7) is 2.57. The third-order valence-electron chi connectivity index (χ3n) is 3.92. The minimum Gasteiger partial charge on any atom is -0.395 e. The van der Waals surface area contributed by atoms with E-state index in [4.69, 9.17) is 0 Å². The van der Waals surface area contributed by atoms with E-state index in [1.165, 1.54) is 25.7 Å². The molecular weight excluding hydrogens is 216 g/mol. The Morgan fingerprint density at radius 1 is 1.29 bits per heavy atom. The Bertz CT molecular complexity index is 266. The summed E-state index contributed by atoms with van der Waals surface area (Å²) in [6.07, 6.45) is 7.20. The summed E-state index contributed by atoms with van der Waals surface area (Å²) in [4.78, 5) is 13.7. The van der Waals surface area contributed by atoms with Gasteiger partial charge in [0.05, 0.1) is 6.61 Å². The van der Waals surface area contributed by atoms with Gasteiger partial charge in [-0.15, -0.1) is 0 Å². The average Bonchev–Trinajstić information content (AvgIpc) is 3.10. The first kappa shape index (κ1) is 12.8. The number of rotatable bonds is 5. The second kappa shape index (κ2) is 5.83. The quantitative estimate of drug-likeness (QED) is 0.750. The van der Waals surface area contributed by atoms with Gasteiger partial charge in [0.15, 0.2) is 0 Å². The maximum Gasteiger partial charge on any atom is 0.217 e. The van der Waals surface area contributed by atoms with E-state index in [1.54, 1.807) is 6.92 Å². The molecule has 0 radical (unpaired) electrons. The Labute approximate surface area is 103 Å². The zero-order chi connectivity index (χ0) is 12.3. The lowest BCUT2D eigenvalue weighted by Crippen LogP contribution is -2.54. The lowest BCUT2D eigenvalue weighted by Gasteiger charge is -2.40. The van der Waals surface area contributed by atoms with Crippen molar-refractivity contribution in [3.63, 3.8) is 0 Å². The van der Waals surface area contributed by atoms with E-state index in [2.05, 4.69) is 10.2 Å². The molecule has 0 aromatic heterocycles. The minimum absolute atomic E-state index is 0.0710. The molecule has 4 nitrogen and oxygen atoms in total. The monoisotopic (exact) mass is 240 g/mol. The molecule has 17 heavy (non-hydrogen) atoms. The molecule has 2 N–H and O–H groups in total. The van der Waals surface area contributed by atoms with Crippen LogP contribution in [-0.2, 0) is 4.79 Å². The van der Waals surface area contributed by atoms with Gasteiger partial charge < -0.3 is 10.4 Å². The number of carbonyl (C=O) groups is 1. The van der Waals surface area contributed by atoms with Gasteiger partial charge in [-0.05, 0) is 25.7 Å². The zero-order valence-corrected chi connectivity index (χ0v) is 10.7. The number of aliphatic hydroxyl groups excluding tert-OH is 1. The first-order chi connectivity index (χ1) is 8.22. The first-order valence-electron chi connectivity index (χ1n) is 6.86. The predicted octanol–water partition coefficient (Wildman–Crippen LogP) is 0.890. The molecule has 0 aromatic rings. The lowest BCUT2D eigenvalue weighted by molar-refractivity contribution is -0.120. The topological polar surface area (TPSA) is 52.6 Å². The van der Waals surface area contributed by atoms with Gasteiger partial charge in [-0.2, -0.15) is 0 Å². The number of carbonyl (C=O) groups excluding carboxylic acids is 1. The molecule has 4 heteroatoms. The largest absolute Gasteiger partial charge is 0.395 e. The zero-order valence-electron chi connectivity index (χ0n) is 10.7. The van der Waals surface area contributed by atoms with E-state index in [-0.39, 0.29) is 18.6 Å². The van der Waals surface area contributed by atoms with Crippen molar-refractivity contribution in [3.05, 3.63) is 0 Å². The minimum atomic E-state index is 0.0710. The van der Waals surface area contributed by atoms with E-state index >= 15 is 0 Å². The summed E-state index contributed by atoms with van der Waals surface area (Å²) in [7, 11) is 0. The number of hydrogen-bond acceptors (Lipinski definition) is 3. The summed E-state index contributed by atoms with van der Waals surface area (Å²) in [5.74, 6) is 0.0710. The maximum absolute atomic E-state index is 11.2. The van der Waals surface area contributed by atoms with Gasteiger partial charge in [-0.1, -0.05) is 12.8 Å². The molecular formula is C13H24N2O2. The highest BCUT2D eigenvalue weighted by molar-refractivity contribution is 5.73. The highest BCUT2D eigenvalue weighted by Gasteiger charge is 2.38. The standard InChI is InChI=1S/C13H24N2O2/c1-10(17)14-12-4-2-3-5-13(12)15(8-9-16)11-6-7-11/h11-13,16H,2-9H2,1H3,(H,14,17)/t12-,13+/m1/s1. The van der Waals surface area contributed by atoms with Crippen molar-refractivity contribution < 1.29 is 9.90 Å². The highest BCUT2D eigenvalue weighted by Crippen LogP contribution is 2.33. The third-order valence-corrected chi connectivity index (χ3v) is 3.92. The van der Waals surface area contributed by atoms with Crippen molar-refractivity contribution in [1.82, 2.24) is 10.2 Å². The van der Waals surface area contributed by atoms with E-state index in [9.17, 15) is 9.90 Å². The van der Waals surface area contributed by atoms with Gasteiger partial charge in [-0.25, -0.2) is 0 Å². The Balaban J connectivity index is 1.99. The van der Waals surface area contributed by atoms with E-state index in [0.717, 1.165) is 19.4 Å². The van der Waals surface area contributed by atoms with Gasteiger partial charge in [0.2, 0.25) is 5.91 Å². The summed E-state index contributed by atoms with van der Waals surface area (Å²) < 4.78 is 0. The second-order valence-corrected chi connectivity index (χ2v) is 5.35. The maximum atomic E-state index is 11.2. The van der Waals surface area contributed by atoms with E-state index in [0.29, 0.717) is 12.1 Å². The fraction of sp³-hybridized carbons (Fsp3) is 0.923. The molecule has 1 amide bonds. The van der Waals surface area contributed by atoms with Crippen LogP contribution in [0.4, 0.5) is 0 Å². The molecule has 2 saturated carbocycles. The average molecular weight is 240 g/mol. The number of nitrogens with zero attached hydrogens (tertiary/aromatic N) is 1. The van der Waals surface area contributed by atoms with Gasteiger partial charge in [0.1, 0.15) is 0 Å². The van der Waals surface area contributed by atoms with Crippen molar-refractivity contribution in [2.45, 2.75) is 63.6 Å². The van der Waals surface area contributed by atoms with Gasteiger partial charge in [-0.3, -0.25) is 9.69 Å². The SMILES string of the molecule is CC(=O)N[C@@H]1CCCC[C@@H]1N(CCO)C1CC1. The van der Waals surface area contributed by atoms with Crippen LogP contribution >= 0.6 is 0 Å². The smallest absolute Gasteiger partial charge is 0.217 e. The molecule has 2 fully saturated rings. The first-order valence-corrected chi connectivity index (χ1v) is 6.86. The van der Waals surface area contributed by atoms with Gasteiger partial charge in [0, 0.05) is 31.6 Å². The lowest BCUT2D eigenvalue weighted by atomic mass is 9.89. The number of amides is 1. The molecule has 2 aliphatic carbocycles. The predicted molar refractivity (Wildman–Crippen MR) is 66.7 cm³/mol. The van der Waals surface area contributed by atoms with E-state index < -0.39 is 0 Å². The van der Waals surface area contributed by atoms with Crippen LogP contribution in [0.5, 0.6) is 0 Å². The Kier molecular flexibility index (Phi) is 4.40. The van der Waals surface area contributed by atoms with E-state index in [1.807, 2.05) is 0 Å². The Morgan fingerprint density at radius 2 is 2.00 bits per heavy atom. The fourth-order valence-electron chi connectivity index (χ4n) is 3.08. The van der Waals surface area contributed by atoms with Crippen LogP contribution in [-0.4, -0.2) is 47.2 Å². The molecule has 0 heterocycles. The van der Waals surface area contributed by atoms with Gasteiger partial charge >= 0.3 is 0 Å². The van der Waals surface area contributed by atoms with Crippen LogP contribution in [0.1, 0.15) is 45.4 Å². The van der Waals surface area contributed by atoms with Crippen molar-refractivity contribution >= 4 is 5.91 Å². The van der Waals surface area contributed by atoms with Crippen LogP contribution in [0.3, 0.4) is 0 Å². The molecule has 0 unspecified atom stereocenters. The van der Waals surface area contributed by atoms with Crippen molar-refractivity contribution in [1.29, 1.82) is 0 Å². The summed E-state index contributed by atoms with van der Waals surface area (Å²) >= 11 is 0. The van der Waals surface area contributed by atoms with Crippen LogP contribution in [0.25, 0.3) is 0 Å².